The van der Waals surface area contributed by atoms with Crippen molar-refractivity contribution >= 4 is 39.7 Å². The van der Waals surface area contributed by atoms with E-state index in [9.17, 15) is 0 Å². The van der Waals surface area contributed by atoms with Gasteiger partial charge in [-0.1, -0.05) is 11.6 Å². The van der Waals surface area contributed by atoms with Gasteiger partial charge in [-0.3, -0.25) is 4.90 Å². The summed E-state index contributed by atoms with van der Waals surface area (Å²) in [6.45, 7) is 5.07. The molecule has 2 aromatic heterocycles. The molecule has 3 aromatic rings. The molecule has 1 fully saturated rings. The molecule has 0 aliphatic carbocycles. The normalized spacial score (nSPS) is 15.9. The van der Waals surface area contributed by atoms with E-state index in [1.165, 1.54) is 11.3 Å². The van der Waals surface area contributed by atoms with Crippen LogP contribution in [0.1, 0.15) is 10.7 Å². The highest BCUT2D eigenvalue weighted by atomic mass is 35.5. The lowest BCUT2D eigenvalue weighted by molar-refractivity contribution is 0.0332. The highest BCUT2D eigenvalue weighted by Crippen LogP contribution is 2.21. The number of ether oxygens (including phenoxy) is 1. The molecule has 0 unspecified atom stereocenters. The maximum atomic E-state index is 5.86. The molecule has 0 radical (unpaired) electrons. The molecule has 1 aromatic carbocycles. The van der Waals surface area contributed by atoms with Crippen molar-refractivity contribution in [3.05, 3.63) is 39.6 Å². The fourth-order valence-corrected chi connectivity index (χ4v) is 3.69. The van der Waals surface area contributed by atoms with Crippen molar-refractivity contribution in [3.8, 4) is 0 Å². The number of aromatic amines is 1. The van der Waals surface area contributed by atoms with Crippen LogP contribution in [0, 0.1) is 0 Å². The zero-order valence-electron chi connectivity index (χ0n) is 13.1. The summed E-state index contributed by atoms with van der Waals surface area (Å²) in [7, 11) is 0. The summed E-state index contributed by atoms with van der Waals surface area (Å²) in [5.41, 5.74) is 3.09. The van der Waals surface area contributed by atoms with Crippen LogP contribution in [0.5, 0.6) is 0 Å². The number of morpholine rings is 1. The molecule has 126 valence electrons. The predicted molar refractivity (Wildman–Crippen MR) is 96.6 cm³/mol. The molecule has 0 spiro atoms. The number of anilines is 1. The summed E-state index contributed by atoms with van der Waals surface area (Å²) in [6, 6.07) is 6.18. The maximum Gasteiger partial charge on any atom is 0.183 e. The zero-order valence-corrected chi connectivity index (χ0v) is 14.7. The number of nitrogens with zero attached hydrogens (tertiary/aromatic N) is 3. The lowest BCUT2D eigenvalue weighted by atomic mass is 10.3. The summed E-state index contributed by atoms with van der Waals surface area (Å²) in [5.74, 6) is 0.998. The van der Waals surface area contributed by atoms with E-state index in [4.69, 9.17) is 16.3 Å². The minimum Gasteiger partial charge on any atom is -0.380 e. The van der Waals surface area contributed by atoms with Gasteiger partial charge in [0.2, 0.25) is 0 Å². The van der Waals surface area contributed by atoms with E-state index in [0.29, 0.717) is 11.0 Å². The van der Waals surface area contributed by atoms with Gasteiger partial charge in [-0.2, -0.15) is 0 Å². The van der Waals surface area contributed by atoms with Gasteiger partial charge in [-0.05, 0) is 18.2 Å². The standard InChI is InChI=1S/C16H18ClN5OS/c17-16-19-9-12(24-16)8-18-11-1-2-13-14(7-11)21-15(20-13)10-22-3-5-23-6-4-22/h1-2,7,9,18H,3-6,8,10H2,(H,20,21). The van der Waals surface area contributed by atoms with E-state index in [0.717, 1.165) is 60.3 Å². The summed E-state index contributed by atoms with van der Waals surface area (Å²) < 4.78 is 5.96. The Morgan fingerprint density at radius 3 is 3.00 bits per heavy atom. The van der Waals surface area contributed by atoms with E-state index in [2.05, 4.69) is 31.2 Å². The smallest absolute Gasteiger partial charge is 0.183 e. The summed E-state index contributed by atoms with van der Waals surface area (Å²) in [4.78, 5) is 15.6. The molecule has 1 saturated heterocycles. The molecule has 0 amide bonds. The number of rotatable bonds is 5. The summed E-state index contributed by atoms with van der Waals surface area (Å²) in [6.07, 6.45) is 1.80. The fourth-order valence-electron chi connectivity index (χ4n) is 2.77. The number of benzene rings is 1. The van der Waals surface area contributed by atoms with Crippen molar-refractivity contribution < 1.29 is 4.74 Å². The second kappa shape index (κ2) is 7.06. The Kier molecular flexibility index (Phi) is 4.66. The molecule has 2 N–H and O–H groups in total. The van der Waals surface area contributed by atoms with Gasteiger partial charge in [0.1, 0.15) is 5.82 Å². The number of halogens is 1. The largest absolute Gasteiger partial charge is 0.380 e. The van der Waals surface area contributed by atoms with Crippen LogP contribution in [0.15, 0.2) is 24.4 Å². The average Bonchev–Trinajstić information content (AvgIpc) is 3.18. The van der Waals surface area contributed by atoms with Gasteiger partial charge < -0.3 is 15.0 Å². The Hall–Kier alpha value is -1.67. The highest BCUT2D eigenvalue weighted by Gasteiger charge is 2.13. The van der Waals surface area contributed by atoms with Crippen LogP contribution in [-0.4, -0.2) is 46.2 Å². The van der Waals surface area contributed by atoms with Crippen LogP contribution in [0.3, 0.4) is 0 Å². The molecule has 0 saturated carbocycles. The predicted octanol–water partition coefficient (Wildman–Crippen LogP) is 3.12. The van der Waals surface area contributed by atoms with Crippen LogP contribution in [0.4, 0.5) is 5.69 Å². The Morgan fingerprint density at radius 2 is 2.21 bits per heavy atom. The third kappa shape index (κ3) is 3.70. The lowest BCUT2D eigenvalue weighted by Gasteiger charge is -2.25. The second-order valence-corrected chi connectivity index (χ2v) is 7.43. The Balaban J connectivity index is 1.44. The fraction of sp³-hybridized carbons (Fsp3) is 0.375. The summed E-state index contributed by atoms with van der Waals surface area (Å²) in [5, 5.41) is 3.39. The lowest BCUT2D eigenvalue weighted by Crippen LogP contribution is -2.35. The first kappa shape index (κ1) is 15.8. The molecular weight excluding hydrogens is 346 g/mol. The van der Waals surface area contributed by atoms with Gasteiger partial charge in [0.15, 0.2) is 4.47 Å². The molecule has 1 aliphatic heterocycles. The average molecular weight is 364 g/mol. The molecule has 24 heavy (non-hydrogen) atoms. The number of fused-ring (bicyclic) bond motifs is 1. The van der Waals surface area contributed by atoms with Crippen molar-refractivity contribution in [1.29, 1.82) is 0 Å². The van der Waals surface area contributed by atoms with E-state index >= 15 is 0 Å². The van der Waals surface area contributed by atoms with Crippen molar-refractivity contribution in [1.82, 2.24) is 19.9 Å². The van der Waals surface area contributed by atoms with Crippen LogP contribution < -0.4 is 5.32 Å². The molecule has 1 aliphatic rings. The molecule has 3 heterocycles. The highest BCUT2D eigenvalue weighted by molar-refractivity contribution is 7.15. The second-order valence-electron chi connectivity index (χ2n) is 5.74. The Labute approximate surface area is 148 Å². The molecule has 6 nitrogen and oxygen atoms in total. The number of hydrogen-bond acceptors (Lipinski definition) is 6. The number of nitrogens with one attached hydrogen (secondary N) is 2. The van der Waals surface area contributed by atoms with Crippen LogP contribution in [0.2, 0.25) is 4.47 Å². The van der Waals surface area contributed by atoms with E-state index in [-0.39, 0.29) is 0 Å². The maximum absolute atomic E-state index is 5.86. The van der Waals surface area contributed by atoms with Crippen molar-refractivity contribution in [3.63, 3.8) is 0 Å². The quantitative estimate of drug-likeness (QED) is 0.729. The van der Waals surface area contributed by atoms with Gasteiger partial charge in [0.05, 0.1) is 37.3 Å². The van der Waals surface area contributed by atoms with Crippen molar-refractivity contribution in [2.75, 3.05) is 31.6 Å². The van der Waals surface area contributed by atoms with Gasteiger partial charge in [0.25, 0.3) is 0 Å². The molecule has 0 bridgehead atoms. The number of thiazole rings is 1. The molecule has 0 atom stereocenters. The van der Waals surface area contributed by atoms with Crippen LogP contribution >= 0.6 is 22.9 Å². The first-order valence-corrected chi connectivity index (χ1v) is 9.08. The Bertz CT molecular complexity index is 827. The number of aromatic nitrogens is 3. The van der Waals surface area contributed by atoms with Crippen molar-refractivity contribution in [2.24, 2.45) is 0 Å². The van der Waals surface area contributed by atoms with Crippen LogP contribution in [-0.2, 0) is 17.8 Å². The zero-order chi connectivity index (χ0) is 16.4. The number of hydrogen-bond donors (Lipinski definition) is 2. The monoisotopic (exact) mass is 363 g/mol. The first-order valence-electron chi connectivity index (χ1n) is 7.89. The van der Waals surface area contributed by atoms with Gasteiger partial charge in [0, 0.05) is 29.9 Å². The van der Waals surface area contributed by atoms with Gasteiger partial charge in [-0.25, -0.2) is 9.97 Å². The molecule has 8 heteroatoms. The third-order valence-electron chi connectivity index (χ3n) is 4.00. The van der Waals surface area contributed by atoms with Gasteiger partial charge >= 0.3 is 0 Å². The minimum atomic E-state index is 0.573. The topological polar surface area (TPSA) is 66.1 Å². The minimum absolute atomic E-state index is 0.573. The number of imidazole rings is 1. The summed E-state index contributed by atoms with van der Waals surface area (Å²) >= 11 is 7.35. The first-order chi connectivity index (χ1) is 11.8. The molecule has 4 rings (SSSR count). The van der Waals surface area contributed by atoms with E-state index in [1.807, 2.05) is 12.1 Å². The van der Waals surface area contributed by atoms with E-state index in [1.54, 1.807) is 6.20 Å². The molecular formula is C16H18ClN5OS. The SMILES string of the molecule is Clc1ncc(CNc2ccc3nc(CN4CCOCC4)[nH]c3c2)s1. The van der Waals surface area contributed by atoms with Crippen molar-refractivity contribution in [2.45, 2.75) is 13.1 Å². The third-order valence-corrected chi connectivity index (χ3v) is 5.11. The Morgan fingerprint density at radius 1 is 1.33 bits per heavy atom. The van der Waals surface area contributed by atoms with Crippen LogP contribution in [0.25, 0.3) is 11.0 Å². The number of H-pyrrole nitrogens is 1. The van der Waals surface area contributed by atoms with E-state index < -0.39 is 0 Å². The van der Waals surface area contributed by atoms with Gasteiger partial charge in [-0.15, -0.1) is 11.3 Å².